The zero-order valence-corrected chi connectivity index (χ0v) is 16.3. The Kier molecular flexibility index (Phi) is 3.80. The van der Waals surface area contributed by atoms with E-state index in [0.717, 1.165) is 16.6 Å². The van der Waals surface area contributed by atoms with Crippen LogP contribution in [0.3, 0.4) is 0 Å². The first-order chi connectivity index (χ1) is 14.8. The van der Waals surface area contributed by atoms with E-state index in [1.54, 1.807) is 0 Å². The molecule has 0 aliphatic carbocycles. The van der Waals surface area contributed by atoms with Crippen molar-refractivity contribution in [1.82, 2.24) is 9.88 Å². The van der Waals surface area contributed by atoms with Crippen molar-refractivity contribution >= 4 is 17.0 Å². The fraction of sp³-hybridized carbons (Fsp3) is 0.200. The van der Waals surface area contributed by atoms with Crippen LogP contribution in [0.15, 0.2) is 89.3 Å². The highest BCUT2D eigenvalue weighted by Crippen LogP contribution is 2.55. The monoisotopic (exact) mass is 396 g/mol. The summed E-state index contributed by atoms with van der Waals surface area (Å²) in [5.74, 6) is -0.0257. The lowest BCUT2D eigenvalue weighted by atomic mass is 9.95. The van der Waals surface area contributed by atoms with E-state index in [9.17, 15) is 4.79 Å². The maximum Gasteiger partial charge on any atom is 0.238 e. The highest BCUT2D eigenvalue weighted by atomic mass is 16.5. The van der Waals surface area contributed by atoms with Crippen LogP contribution >= 0.6 is 0 Å². The number of carbonyl (C=O) groups excluding carboxylic acids is 1. The second kappa shape index (κ2) is 6.54. The Bertz CT molecular complexity index is 1190. The molecule has 2 aliphatic heterocycles. The molecule has 3 aromatic carbocycles. The van der Waals surface area contributed by atoms with Crippen LogP contribution in [0.4, 0.5) is 0 Å². The summed E-state index contributed by atoms with van der Waals surface area (Å²) in [5.41, 5.74) is 2.70. The van der Waals surface area contributed by atoms with Gasteiger partial charge in [0.2, 0.25) is 11.8 Å². The second-order valence-electron chi connectivity index (χ2n) is 7.87. The van der Waals surface area contributed by atoms with E-state index in [1.165, 1.54) is 0 Å². The summed E-state index contributed by atoms with van der Waals surface area (Å²) >= 11 is 0. The van der Waals surface area contributed by atoms with E-state index >= 15 is 0 Å². The average Bonchev–Trinajstić information content (AvgIpc) is 3.47. The summed E-state index contributed by atoms with van der Waals surface area (Å²) in [4.78, 5) is 20.3. The van der Waals surface area contributed by atoms with E-state index in [4.69, 9.17) is 9.15 Å². The van der Waals surface area contributed by atoms with Crippen LogP contribution in [0.2, 0.25) is 0 Å². The number of hydrogen-bond donors (Lipinski definition) is 0. The first-order valence-corrected chi connectivity index (χ1v) is 10.2. The summed E-state index contributed by atoms with van der Waals surface area (Å²) in [6.45, 7) is 0.463. The standard InChI is InChI=1S/C25H20N2O3/c28-24-19(23-26-20-13-7-8-14-22(20)30-23)15-25(18-11-5-2-6-12-18)27(24)21(16-29-25)17-9-3-1-4-10-17/h1-14,19,21H,15-16H2/t19?,21-,25+/m1/s1. The Labute approximate surface area is 173 Å². The number of aromatic nitrogens is 1. The van der Waals surface area contributed by atoms with Crippen molar-refractivity contribution in [2.45, 2.75) is 24.1 Å². The highest BCUT2D eigenvalue weighted by Gasteiger charge is 2.61. The van der Waals surface area contributed by atoms with Gasteiger partial charge in [-0.2, -0.15) is 0 Å². The lowest BCUT2D eigenvalue weighted by molar-refractivity contribution is -0.140. The minimum absolute atomic E-state index is 0.00300. The van der Waals surface area contributed by atoms with Crippen LogP contribution in [-0.4, -0.2) is 22.4 Å². The largest absolute Gasteiger partial charge is 0.440 e. The number of hydrogen-bond acceptors (Lipinski definition) is 4. The molecule has 148 valence electrons. The number of para-hydroxylation sites is 2. The second-order valence-corrected chi connectivity index (χ2v) is 7.87. The predicted molar refractivity (Wildman–Crippen MR) is 111 cm³/mol. The molecule has 1 aromatic heterocycles. The summed E-state index contributed by atoms with van der Waals surface area (Å²) in [6, 6.07) is 27.5. The maximum absolute atomic E-state index is 13.8. The summed E-state index contributed by atoms with van der Waals surface area (Å²) < 4.78 is 12.4. The number of carbonyl (C=O) groups is 1. The lowest BCUT2D eigenvalue weighted by Crippen LogP contribution is -2.40. The molecule has 30 heavy (non-hydrogen) atoms. The molecule has 5 heteroatoms. The molecule has 0 N–H and O–H groups in total. The number of benzene rings is 3. The molecular formula is C25H20N2O3. The van der Waals surface area contributed by atoms with Crippen LogP contribution in [0.1, 0.15) is 35.4 Å². The van der Waals surface area contributed by atoms with Crippen LogP contribution in [0.5, 0.6) is 0 Å². The zero-order chi connectivity index (χ0) is 20.1. The molecule has 4 aromatic rings. The Morgan fingerprint density at radius 2 is 1.60 bits per heavy atom. The normalized spacial score (nSPS) is 25.7. The maximum atomic E-state index is 13.8. The third-order valence-electron chi connectivity index (χ3n) is 6.21. The van der Waals surface area contributed by atoms with Crippen LogP contribution < -0.4 is 0 Å². The van der Waals surface area contributed by atoms with Crippen molar-refractivity contribution in [3.05, 3.63) is 102 Å². The molecule has 2 aliphatic rings. The van der Waals surface area contributed by atoms with E-state index in [-0.39, 0.29) is 11.9 Å². The number of fused-ring (bicyclic) bond motifs is 2. The summed E-state index contributed by atoms with van der Waals surface area (Å²) in [6.07, 6.45) is 0.478. The van der Waals surface area contributed by atoms with Gasteiger partial charge >= 0.3 is 0 Å². The zero-order valence-electron chi connectivity index (χ0n) is 16.3. The van der Waals surface area contributed by atoms with Gasteiger partial charge in [-0.25, -0.2) is 4.98 Å². The third-order valence-corrected chi connectivity index (χ3v) is 6.21. The molecule has 0 bridgehead atoms. The molecular weight excluding hydrogens is 376 g/mol. The van der Waals surface area contributed by atoms with Crippen LogP contribution in [0, 0.1) is 0 Å². The van der Waals surface area contributed by atoms with Crippen molar-refractivity contribution in [2.75, 3.05) is 6.61 Å². The van der Waals surface area contributed by atoms with E-state index in [0.29, 0.717) is 24.5 Å². The average molecular weight is 396 g/mol. The van der Waals surface area contributed by atoms with E-state index in [2.05, 4.69) is 17.1 Å². The number of nitrogens with zero attached hydrogens (tertiary/aromatic N) is 2. The number of ether oxygens (including phenoxy) is 1. The molecule has 6 rings (SSSR count). The van der Waals surface area contributed by atoms with Gasteiger partial charge in [-0.15, -0.1) is 0 Å². The molecule has 5 nitrogen and oxygen atoms in total. The molecule has 1 amide bonds. The first-order valence-electron chi connectivity index (χ1n) is 10.2. The SMILES string of the molecule is O=C1C(c2nc3ccccc3o2)C[C@@]2(c3ccccc3)OC[C@H](c3ccccc3)N12. The van der Waals surface area contributed by atoms with Gasteiger partial charge in [0.1, 0.15) is 11.4 Å². The molecule has 0 saturated carbocycles. The predicted octanol–water partition coefficient (Wildman–Crippen LogP) is 4.77. The van der Waals surface area contributed by atoms with Gasteiger partial charge < -0.3 is 14.1 Å². The van der Waals surface area contributed by atoms with Gasteiger partial charge in [0.25, 0.3) is 0 Å². The molecule has 3 heterocycles. The fourth-order valence-corrected chi connectivity index (χ4v) is 4.82. The molecule has 2 saturated heterocycles. The minimum Gasteiger partial charge on any atom is -0.440 e. The Balaban J connectivity index is 1.48. The summed E-state index contributed by atoms with van der Waals surface area (Å²) in [7, 11) is 0. The van der Waals surface area contributed by atoms with Crippen molar-refractivity contribution in [3.8, 4) is 0 Å². The third kappa shape index (κ3) is 2.45. The highest BCUT2D eigenvalue weighted by molar-refractivity contribution is 5.88. The first kappa shape index (κ1) is 17.4. The smallest absolute Gasteiger partial charge is 0.238 e. The van der Waals surface area contributed by atoms with Gasteiger partial charge in [0, 0.05) is 12.0 Å². The number of amides is 1. The molecule has 0 spiro atoms. The number of rotatable bonds is 3. The Morgan fingerprint density at radius 3 is 2.37 bits per heavy atom. The van der Waals surface area contributed by atoms with Crippen LogP contribution in [-0.2, 0) is 15.3 Å². The van der Waals surface area contributed by atoms with Crippen molar-refractivity contribution in [2.24, 2.45) is 0 Å². The quantitative estimate of drug-likeness (QED) is 0.501. The Morgan fingerprint density at radius 1 is 0.900 bits per heavy atom. The van der Waals surface area contributed by atoms with Gasteiger partial charge in [-0.1, -0.05) is 72.8 Å². The molecule has 2 fully saturated rings. The molecule has 0 radical (unpaired) electrons. The van der Waals surface area contributed by atoms with Gasteiger partial charge in [-0.3, -0.25) is 4.79 Å². The topological polar surface area (TPSA) is 55.6 Å². The minimum atomic E-state index is -0.815. The van der Waals surface area contributed by atoms with Crippen molar-refractivity contribution in [3.63, 3.8) is 0 Å². The Hall–Kier alpha value is -3.44. The van der Waals surface area contributed by atoms with Gasteiger partial charge in [0.15, 0.2) is 11.3 Å². The van der Waals surface area contributed by atoms with E-state index in [1.807, 2.05) is 77.7 Å². The lowest BCUT2D eigenvalue weighted by Gasteiger charge is -2.33. The van der Waals surface area contributed by atoms with Gasteiger partial charge in [0.05, 0.1) is 12.6 Å². The van der Waals surface area contributed by atoms with E-state index < -0.39 is 11.6 Å². The fourth-order valence-electron chi connectivity index (χ4n) is 4.82. The molecule has 3 atom stereocenters. The summed E-state index contributed by atoms with van der Waals surface area (Å²) in [5, 5.41) is 0. The molecule has 1 unspecified atom stereocenters. The van der Waals surface area contributed by atoms with Crippen LogP contribution in [0.25, 0.3) is 11.1 Å². The van der Waals surface area contributed by atoms with Crippen molar-refractivity contribution in [1.29, 1.82) is 0 Å². The van der Waals surface area contributed by atoms with Gasteiger partial charge in [-0.05, 0) is 17.7 Å². The van der Waals surface area contributed by atoms with Crippen molar-refractivity contribution < 1.29 is 13.9 Å². The number of oxazole rings is 1.